The number of aliphatic hydroxyl groups excluding tert-OH is 2. The fourth-order valence-electron chi connectivity index (χ4n) is 5.69. The highest BCUT2D eigenvalue weighted by Gasteiger charge is 2.21. The topological polar surface area (TPSA) is 176 Å². The third kappa shape index (κ3) is 11.4. The molecule has 0 saturated carbocycles. The largest absolute Gasteiger partial charge is 0.496 e. The molecule has 292 valence electrons. The van der Waals surface area contributed by atoms with E-state index in [9.17, 15) is 19.8 Å². The number of aryl methyl sites for hydroxylation is 1. The van der Waals surface area contributed by atoms with Crippen molar-refractivity contribution in [2.75, 3.05) is 40.1 Å². The highest BCUT2D eigenvalue weighted by atomic mass is 35.5. The van der Waals surface area contributed by atoms with E-state index >= 15 is 0 Å². The lowest BCUT2D eigenvalue weighted by Crippen LogP contribution is -2.40. The van der Waals surface area contributed by atoms with E-state index < -0.39 is 30.6 Å². The Labute approximate surface area is 320 Å². The Morgan fingerprint density at radius 2 is 1.48 bits per heavy atom. The van der Waals surface area contributed by atoms with Gasteiger partial charge >= 0.3 is 11.9 Å². The van der Waals surface area contributed by atoms with Crippen LogP contribution in [0, 0.1) is 13.8 Å². The highest BCUT2D eigenvalue weighted by molar-refractivity contribution is 6.32. The van der Waals surface area contributed by atoms with Crippen LogP contribution in [0.2, 0.25) is 5.02 Å². The van der Waals surface area contributed by atoms with Crippen LogP contribution in [0.15, 0.2) is 54.7 Å². The summed E-state index contributed by atoms with van der Waals surface area (Å²) in [5, 5.41) is 33.7. The number of ether oxygens (including phenoxy) is 5. The Morgan fingerprint density at radius 1 is 0.833 bits per heavy atom. The zero-order valence-corrected chi connectivity index (χ0v) is 32.1. The van der Waals surface area contributed by atoms with Crippen LogP contribution in [-0.4, -0.2) is 89.4 Å². The van der Waals surface area contributed by atoms with Gasteiger partial charge in [-0.25, -0.2) is 0 Å². The second-order valence-electron chi connectivity index (χ2n) is 12.3. The minimum absolute atomic E-state index is 0.213. The molecule has 1 heterocycles. The normalized spacial score (nSPS) is 12.2. The zero-order chi connectivity index (χ0) is 39.0. The van der Waals surface area contributed by atoms with Crippen molar-refractivity contribution in [1.29, 1.82) is 0 Å². The van der Waals surface area contributed by atoms with Crippen LogP contribution in [0.1, 0.15) is 48.2 Å². The van der Waals surface area contributed by atoms with E-state index in [2.05, 4.69) is 40.0 Å². The molecule has 2 atom stereocenters. The number of aliphatic hydroxyl groups is 2. The first-order valence-electron chi connectivity index (χ1n) is 17.8. The second-order valence-corrected chi connectivity index (χ2v) is 12.7. The standard InChI is InChI=1S/C39H50ClN5O9/c1-6-51-38(48)33(22-46)41-19-28-17-32(40)37(18-36(28)50-5)54-24-27-11-8-12-30(25(27)3)31-13-9-14-35(26(31)4)53-16-10-15-45-21-29(43-44-45)20-42-34(23-47)39(49)52-7-2/h8-9,11-14,17-18,21,33-34,41-42,46-47H,6-7,10,15-16,19-20,22-24H2,1-5H3/t33-,34-/m1/s1. The summed E-state index contributed by atoms with van der Waals surface area (Å²) in [5.74, 6) is 0.701. The van der Waals surface area contributed by atoms with Crippen LogP contribution in [0.5, 0.6) is 17.2 Å². The molecule has 4 N–H and O–H groups in total. The van der Waals surface area contributed by atoms with Gasteiger partial charge in [-0.3, -0.25) is 24.9 Å². The van der Waals surface area contributed by atoms with E-state index in [0.717, 1.165) is 33.6 Å². The molecule has 14 nitrogen and oxygen atoms in total. The predicted octanol–water partition coefficient (Wildman–Crippen LogP) is 4.30. The average molecular weight is 768 g/mol. The molecule has 0 unspecified atom stereocenters. The molecule has 0 saturated heterocycles. The Balaban J connectivity index is 1.35. The van der Waals surface area contributed by atoms with E-state index in [4.69, 9.17) is 35.3 Å². The van der Waals surface area contributed by atoms with Gasteiger partial charge in [0.2, 0.25) is 0 Å². The van der Waals surface area contributed by atoms with Gasteiger partial charge in [-0.1, -0.05) is 47.1 Å². The van der Waals surface area contributed by atoms with E-state index in [1.54, 1.807) is 36.9 Å². The maximum atomic E-state index is 12.1. The zero-order valence-electron chi connectivity index (χ0n) is 31.4. The summed E-state index contributed by atoms with van der Waals surface area (Å²) >= 11 is 6.63. The minimum Gasteiger partial charge on any atom is -0.496 e. The lowest BCUT2D eigenvalue weighted by atomic mass is 9.93. The van der Waals surface area contributed by atoms with Crippen LogP contribution in [0.4, 0.5) is 0 Å². The Hall–Kier alpha value is -4.73. The van der Waals surface area contributed by atoms with Gasteiger partial charge in [0.1, 0.15) is 35.9 Å². The SMILES string of the molecule is CCOC(=O)[C@@H](CO)NCc1cn(CCCOc2cccc(-c3cccc(COc4cc(OC)c(CN[C@H](CO)C(=O)OCC)cc4Cl)c3C)c2C)nn1. The maximum Gasteiger partial charge on any atom is 0.325 e. The minimum atomic E-state index is -0.876. The average Bonchev–Trinajstić information content (AvgIpc) is 3.62. The van der Waals surface area contributed by atoms with Gasteiger partial charge in [0, 0.05) is 43.9 Å². The summed E-state index contributed by atoms with van der Waals surface area (Å²) in [4.78, 5) is 24.0. The number of carbonyl (C=O) groups excluding carboxylic acids is 2. The second kappa shape index (κ2) is 21.2. The van der Waals surface area contributed by atoms with Crippen LogP contribution in [0.3, 0.4) is 0 Å². The number of nitrogens with one attached hydrogen (secondary N) is 2. The molecule has 0 radical (unpaired) electrons. The van der Waals surface area contributed by atoms with E-state index in [1.807, 2.05) is 31.2 Å². The van der Waals surface area contributed by atoms with Crippen molar-refractivity contribution in [3.05, 3.63) is 87.7 Å². The van der Waals surface area contributed by atoms with Crippen molar-refractivity contribution < 1.29 is 43.5 Å². The molecule has 54 heavy (non-hydrogen) atoms. The Bertz CT molecular complexity index is 1840. The smallest absolute Gasteiger partial charge is 0.325 e. The molecule has 0 aliphatic rings. The fourth-order valence-corrected chi connectivity index (χ4v) is 5.93. The number of methoxy groups -OCH3 is 1. The van der Waals surface area contributed by atoms with Crippen molar-refractivity contribution in [2.24, 2.45) is 0 Å². The molecule has 0 aliphatic carbocycles. The monoisotopic (exact) mass is 767 g/mol. The summed E-state index contributed by atoms with van der Waals surface area (Å²) in [5.41, 5.74) is 6.48. The van der Waals surface area contributed by atoms with Crippen LogP contribution in [-0.2, 0) is 45.3 Å². The third-order valence-corrected chi connectivity index (χ3v) is 8.98. The predicted molar refractivity (Wildman–Crippen MR) is 203 cm³/mol. The number of rotatable bonds is 22. The van der Waals surface area contributed by atoms with Crippen molar-refractivity contribution in [2.45, 2.75) is 72.4 Å². The molecule has 4 aromatic rings. The van der Waals surface area contributed by atoms with Gasteiger partial charge < -0.3 is 33.9 Å². The highest BCUT2D eigenvalue weighted by Crippen LogP contribution is 2.36. The van der Waals surface area contributed by atoms with Gasteiger partial charge in [-0.05, 0) is 67.6 Å². The maximum absolute atomic E-state index is 12.1. The summed E-state index contributed by atoms with van der Waals surface area (Å²) in [6, 6.07) is 13.8. The van der Waals surface area contributed by atoms with Gasteiger partial charge in [0.25, 0.3) is 0 Å². The van der Waals surface area contributed by atoms with Gasteiger partial charge in [0.15, 0.2) is 0 Å². The van der Waals surface area contributed by atoms with Crippen LogP contribution < -0.4 is 24.8 Å². The van der Waals surface area contributed by atoms with E-state index in [1.165, 1.54) is 7.11 Å². The molecule has 0 spiro atoms. The molecular formula is C39H50ClN5O9. The van der Waals surface area contributed by atoms with Gasteiger partial charge in [-0.2, -0.15) is 0 Å². The van der Waals surface area contributed by atoms with Crippen LogP contribution >= 0.6 is 11.6 Å². The quantitative estimate of drug-likeness (QED) is 0.0659. The Kier molecular flexibility index (Phi) is 16.5. The first kappa shape index (κ1) is 42.0. The number of hydrogen-bond donors (Lipinski definition) is 4. The molecule has 15 heteroatoms. The molecule has 1 aromatic heterocycles. The molecule has 0 aliphatic heterocycles. The summed E-state index contributed by atoms with van der Waals surface area (Å²) in [7, 11) is 1.54. The lowest BCUT2D eigenvalue weighted by molar-refractivity contribution is -0.147. The number of nitrogens with zero attached hydrogens (tertiary/aromatic N) is 3. The van der Waals surface area contributed by atoms with Crippen molar-refractivity contribution in [3.63, 3.8) is 0 Å². The van der Waals surface area contributed by atoms with E-state index in [0.29, 0.717) is 47.4 Å². The molecule has 4 rings (SSSR count). The summed E-state index contributed by atoms with van der Waals surface area (Å²) in [6.45, 7) is 8.98. The first-order valence-corrected chi connectivity index (χ1v) is 18.2. The summed E-state index contributed by atoms with van der Waals surface area (Å²) < 4.78 is 29.7. The third-order valence-electron chi connectivity index (χ3n) is 8.69. The first-order chi connectivity index (χ1) is 26.1. The fraction of sp³-hybridized carbons (Fsp3) is 0.436. The van der Waals surface area contributed by atoms with E-state index in [-0.39, 0.29) is 39.5 Å². The molecule has 0 amide bonds. The number of hydrogen-bond acceptors (Lipinski definition) is 13. The van der Waals surface area contributed by atoms with Gasteiger partial charge in [0.05, 0.1) is 50.9 Å². The van der Waals surface area contributed by atoms with Gasteiger partial charge in [-0.15, -0.1) is 5.10 Å². The lowest BCUT2D eigenvalue weighted by Gasteiger charge is -2.18. The number of esters is 2. The number of halogens is 1. The molecule has 0 bridgehead atoms. The number of aromatic nitrogens is 3. The number of carbonyl (C=O) groups is 2. The van der Waals surface area contributed by atoms with Crippen LogP contribution in [0.25, 0.3) is 11.1 Å². The molecule has 3 aromatic carbocycles. The molecule has 0 fully saturated rings. The number of benzene rings is 3. The van der Waals surface area contributed by atoms with Crippen molar-refractivity contribution in [3.8, 4) is 28.4 Å². The van der Waals surface area contributed by atoms with Crippen molar-refractivity contribution >= 4 is 23.5 Å². The van der Waals surface area contributed by atoms with Crippen molar-refractivity contribution in [1.82, 2.24) is 25.6 Å². The Morgan fingerprint density at radius 3 is 2.13 bits per heavy atom. The summed E-state index contributed by atoms with van der Waals surface area (Å²) in [6.07, 6.45) is 2.48. The molecular weight excluding hydrogens is 718 g/mol.